The minimum absolute atomic E-state index is 0.114. The van der Waals surface area contributed by atoms with Crippen LogP contribution < -0.4 is 10.8 Å². The van der Waals surface area contributed by atoms with Gasteiger partial charge in [0.1, 0.15) is 5.60 Å². The highest BCUT2D eigenvalue weighted by Gasteiger charge is 2.36. The van der Waals surface area contributed by atoms with Crippen LogP contribution in [0.5, 0.6) is 0 Å². The Labute approximate surface area is 113 Å². The summed E-state index contributed by atoms with van der Waals surface area (Å²) in [6.45, 7) is 5.83. The number of ether oxygens (including phenoxy) is 1. The third-order valence-corrected chi connectivity index (χ3v) is 2.95. The molecule has 0 radical (unpaired) electrons. The standard InChI is InChI=1S/C14H20N2O3/c1-14(2,3)19-13(17)16-11(9-18-15)8-10-6-4-5-7-12(10)16/h4-7,11H,8-9,15H2,1-3H3/t11-/m0/s1. The molecule has 0 spiro atoms. The number of hydrogen-bond acceptors (Lipinski definition) is 4. The fourth-order valence-corrected chi connectivity index (χ4v) is 2.26. The van der Waals surface area contributed by atoms with Crippen LogP contribution in [0.15, 0.2) is 24.3 Å². The van der Waals surface area contributed by atoms with E-state index in [0.717, 1.165) is 17.7 Å². The summed E-state index contributed by atoms with van der Waals surface area (Å²) in [7, 11) is 0. The minimum Gasteiger partial charge on any atom is -0.443 e. The Morgan fingerprint density at radius 3 is 2.74 bits per heavy atom. The number of nitrogens with two attached hydrogens (primary N) is 1. The number of nitrogens with zero attached hydrogens (tertiary/aromatic N) is 1. The fourth-order valence-electron chi connectivity index (χ4n) is 2.26. The zero-order valence-corrected chi connectivity index (χ0v) is 11.6. The molecule has 1 aromatic carbocycles. The summed E-state index contributed by atoms with van der Waals surface area (Å²) in [6, 6.07) is 7.66. The molecular weight excluding hydrogens is 244 g/mol. The lowest BCUT2D eigenvalue weighted by Gasteiger charge is -2.28. The van der Waals surface area contributed by atoms with E-state index in [-0.39, 0.29) is 18.7 Å². The monoisotopic (exact) mass is 264 g/mol. The number of carbonyl (C=O) groups is 1. The minimum atomic E-state index is -0.525. The number of para-hydroxylation sites is 1. The Morgan fingerprint density at radius 1 is 1.42 bits per heavy atom. The van der Waals surface area contributed by atoms with Crippen LogP contribution in [0.3, 0.4) is 0 Å². The van der Waals surface area contributed by atoms with E-state index in [0.29, 0.717) is 0 Å². The maximum absolute atomic E-state index is 12.3. The van der Waals surface area contributed by atoms with Crippen LogP contribution in [0.2, 0.25) is 0 Å². The SMILES string of the molecule is CC(C)(C)OC(=O)N1c2ccccc2C[C@H]1CON. The molecule has 1 atom stereocenters. The summed E-state index contributed by atoms with van der Waals surface area (Å²) in [5, 5.41) is 0. The number of benzene rings is 1. The van der Waals surface area contributed by atoms with Gasteiger partial charge in [-0.1, -0.05) is 18.2 Å². The highest BCUT2D eigenvalue weighted by atomic mass is 16.6. The summed E-state index contributed by atoms with van der Waals surface area (Å²) < 4.78 is 5.45. The van der Waals surface area contributed by atoms with Gasteiger partial charge in [-0.25, -0.2) is 10.7 Å². The summed E-state index contributed by atoms with van der Waals surface area (Å²) >= 11 is 0. The summed E-state index contributed by atoms with van der Waals surface area (Å²) in [5.41, 5.74) is 1.46. The Balaban J connectivity index is 2.26. The second-order valence-electron chi connectivity index (χ2n) is 5.67. The van der Waals surface area contributed by atoms with Crippen molar-refractivity contribution in [2.75, 3.05) is 11.5 Å². The molecule has 5 nitrogen and oxygen atoms in total. The number of rotatable bonds is 2. The molecule has 0 bridgehead atoms. The van der Waals surface area contributed by atoms with Gasteiger partial charge in [0, 0.05) is 0 Å². The number of carbonyl (C=O) groups excluding carboxylic acids is 1. The molecule has 0 saturated carbocycles. The van der Waals surface area contributed by atoms with Gasteiger partial charge in [0.15, 0.2) is 0 Å². The Kier molecular flexibility index (Phi) is 3.78. The van der Waals surface area contributed by atoms with Crippen LogP contribution in [-0.4, -0.2) is 24.3 Å². The molecule has 1 aliphatic rings. The van der Waals surface area contributed by atoms with Gasteiger partial charge in [-0.2, -0.15) is 0 Å². The van der Waals surface area contributed by atoms with Crippen molar-refractivity contribution in [2.24, 2.45) is 5.90 Å². The van der Waals surface area contributed by atoms with Gasteiger partial charge in [-0.3, -0.25) is 4.90 Å². The molecule has 19 heavy (non-hydrogen) atoms. The summed E-state index contributed by atoms with van der Waals surface area (Å²) in [6.07, 6.45) is 0.367. The lowest BCUT2D eigenvalue weighted by molar-refractivity contribution is 0.0531. The second kappa shape index (κ2) is 5.19. The van der Waals surface area contributed by atoms with Crippen LogP contribution >= 0.6 is 0 Å². The summed E-state index contributed by atoms with van der Waals surface area (Å²) in [5.74, 6) is 5.15. The largest absolute Gasteiger partial charge is 0.443 e. The topological polar surface area (TPSA) is 64.8 Å². The van der Waals surface area contributed by atoms with E-state index in [1.165, 1.54) is 0 Å². The molecule has 2 rings (SSSR count). The third-order valence-electron chi connectivity index (χ3n) is 2.95. The van der Waals surface area contributed by atoms with Crippen molar-refractivity contribution in [3.8, 4) is 0 Å². The van der Waals surface area contributed by atoms with Crippen LogP contribution in [0.4, 0.5) is 10.5 Å². The second-order valence-corrected chi connectivity index (χ2v) is 5.67. The van der Waals surface area contributed by atoms with Gasteiger partial charge in [0.2, 0.25) is 0 Å². The lowest BCUT2D eigenvalue weighted by atomic mass is 10.1. The number of fused-ring (bicyclic) bond motifs is 1. The molecule has 1 heterocycles. The van der Waals surface area contributed by atoms with E-state index < -0.39 is 5.60 Å². The Hall–Kier alpha value is -1.59. The van der Waals surface area contributed by atoms with E-state index in [4.69, 9.17) is 15.5 Å². The average Bonchev–Trinajstić information content (AvgIpc) is 2.65. The number of hydrogen-bond donors (Lipinski definition) is 1. The molecule has 1 amide bonds. The van der Waals surface area contributed by atoms with Crippen molar-refractivity contribution in [3.63, 3.8) is 0 Å². The van der Waals surface area contributed by atoms with Gasteiger partial charge in [-0.15, -0.1) is 0 Å². The quantitative estimate of drug-likeness (QED) is 0.832. The molecule has 1 aromatic rings. The predicted octanol–water partition coefficient (Wildman–Crippen LogP) is 2.24. The van der Waals surface area contributed by atoms with Gasteiger partial charge >= 0.3 is 6.09 Å². The van der Waals surface area contributed by atoms with E-state index >= 15 is 0 Å². The Morgan fingerprint density at radius 2 is 2.11 bits per heavy atom. The van der Waals surface area contributed by atoms with Crippen molar-refractivity contribution < 1.29 is 14.4 Å². The van der Waals surface area contributed by atoms with Gasteiger partial charge < -0.3 is 9.57 Å². The zero-order valence-electron chi connectivity index (χ0n) is 11.6. The first-order chi connectivity index (χ1) is 8.92. The van der Waals surface area contributed by atoms with Crippen molar-refractivity contribution >= 4 is 11.8 Å². The van der Waals surface area contributed by atoms with Crippen molar-refractivity contribution in [1.29, 1.82) is 0 Å². The first-order valence-electron chi connectivity index (χ1n) is 6.34. The number of anilines is 1. The molecule has 104 valence electrons. The average molecular weight is 264 g/mol. The molecule has 0 saturated heterocycles. The van der Waals surface area contributed by atoms with Gasteiger partial charge in [0.05, 0.1) is 18.3 Å². The van der Waals surface area contributed by atoms with E-state index in [1.807, 2.05) is 45.0 Å². The first-order valence-corrected chi connectivity index (χ1v) is 6.34. The predicted molar refractivity (Wildman–Crippen MR) is 72.8 cm³/mol. The molecule has 5 heteroatoms. The summed E-state index contributed by atoms with van der Waals surface area (Å²) in [4.78, 5) is 18.7. The van der Waals surface area contributed by atoms with Gasteiger partial charge in [0.25, 0.3) is 0 Å². The smallest absolute Gasteiger partial charge is 0.415 e. The van der Waals surface area contributed by atoms with E-state index in [1.54, 1.807) is 4.90 Å². The van der Waals surface area contributed by atoms with Crippen LogP contribution in [-0.2, 0) is 16.0 Å². The third kappa shape index (κ3) is 3.05. The number of amides is 1. The molecule has 0 aromatic heterocycles. The van der Waals surface area contributed by atoms with Crippen LogP contribution in [0.1, 0.15) is 26.3 Å². The van der Waals surface area contributed by atoms with Crippen molar-refractivity contribution in [2.45, 2.75) is 38.8 Å². The van der Waals surface area contributed by atoms with Crippen LogP contribution in [0, 0.1) is 0 Å². The van der Waals surface area contributed by atoms with Crippen LogP contribution in [0.25, 0.3) is 0 Å². The van der Waals surface area contributed by atoms with Gasteiger partial charge in [-0.05, 0) is 38.8 Å². The maximum atomic E-state index is 12.3. The molecule has 2 N–H and O–H groups in total. The fraction of sp³-hybridized carbons (Fsp3) is 0.500. The first kappa shape index (κ1) is 13.8. The zero-order chi connectivity index (χ0) is 14.0. The molecule has 0 fully saturated rings. The highest BCUT2D eigenvalue weighted by Crippen LogP contribution is 2.33. The lowest BCUT2D eigenvalue weighted by Crippen LogP contribution is -2.44. The molecule has 0 aliphatic carbocycles. The Bertz CT molecular complexity index is 468. The molecule has 1 aliphatic heterocycles. The normalized spacial score (nSPS) is 18.3. The molecular formula is C14H20N2O3. The van der Waals surface area contributed by atoms with Crippen molar-refractivity contribution in [1.82, 2.24) is 0 Å². The highest BCUT2D eigenvalue weighted by molar-refractivity contribution is 5.91. The van der Waals surface area contributed by atoms with Crippen molar-refractivity contribution in [3.05, 3.63) is 29.8 Å². The maximum Gasteiger partial charge on any atom is 0.415 e. The van der Waals surface area contributed by atoms with E-state index in [9.17, 15) is 4.79 Å². The van der Waals surface area contributed by atoms with E-state index in [2.05, 4.69) is 0 Å². The molecule has 0 unspecified atom stereocenters.